The summed E-state index contributed by atoms with van der Waals surface area (Å²) in [6.07, 6.45) is -1.12. The van der Waals surface area contributed by atoms with Crippen molar-refractivity contribution in [2.24, 2.45) is 0 Å². The van der Waals surface area contributed by atoms with E-state index >= 15 is 0 Å². The summed E-state index contributed by atoms with van der Waals surface area (Å²) in [6, 6.07) is 5.63. The molecule has 1 unspecified atom stereocenters. The second kappa shape index (κ2) is 4.55. The van der Waals surface area contributed by atoms with Crippen molar-refractivity contribution >= 4 is 11.3 Å². The zero-order chi connectivity index (χ0) is 12.6. The van der Waals surface area contributed by atoms with E-state index in [4.69, 9.17) is 0 Å². The van der Waals surface area contributed by atoms with Gasteiger partial charge in [-0.05, 0) is 31.5 Å². The fraction of sp³-hybridized carbons (Fsp3) is 0.231. The van der Waals surface area contributed by atoms with Gasteiger partial charge in [0, 0.05) is 15.3 Å². The standard InChI is InChI=1S/C13H12F2OS/c1-7-6-10(8(2)17-7)13(16)9-4-3-5-11(14)12(9)15/h3-6,13,16H,1-2H3. The molecule has 0 aliphatic heterocycles. The van der Waals surface area contributed by atoms with Gasteiger partial charge in [0.2, 0.25) is 0 Å². The van der Waals surface area contributed by atoms with Gasteiger partial charge in [-0.1, -0.05) is 12.1 Å². The van der Waals surface area contributed by atoms with E-state index in [9.17, 15) is 13.9 Å². The van der Waals surface area contributed by atoms with Crippen molar-refractivity contribution in [3.63, 3.8) is 0 Å². The molecule has 2 rings (SSSR count). The SMILES string of the molecule is Cc1cc(C(O)c2cccc(F)c2F)c(C)s1. The summed E-state index contributed by atoms with van der Waals surface area (Å²) in [5.41, 5.74) is 0.614. The first-order chi connectivity index (χ1) is 8.00. The van der Waals surface area contributed by atoms with Crippen LogP contribution in [0, 0.1) is 25.5 Å². The lowest BCUT2D eigenvalue weighted by atomic mass is 10.0. The van der Waals surface area contributed by atoms with Crippen LogP contribution in [-0.2, 0) is 0 Å². The van der Waals surface area contributed by atoms with Gasteiger partial charge in [0.15, 0.2) is 11.6 Å². The van der Waals surface area contributed by atoms with Crippen LogP contribution in [0.5, 0.6) is 0 Å². The van der Waals surface area contributed by atoms with E-state index in [1.807, 2.05) is 13.8 Å². The first kappa shape index (κ1) is 12.2. The van der Waals surface area contributed by atoms with Crippen LogP contribution in [0.1, 0.15) is 27.0 Å². The van der Waals surface area contributed by atoms with Gasteiger partial charge in [0.1, 0.15) is 6.10 Å². The van der Waals surface area contributed by atoms with Gasteiger partial charge in [-0.25, -0.2) is 8.78 Å². The Labute approximate surface area is 102 Å². The second-order valence-electron chi connectivity index (χ2n) is 3.91. The molecule has 1 nitrogen and oxygen atoms in total. The predicted octanol–water partition coefficient (Wildman–Crippen LogP) is 3.72. The minimum absolute atomic E-state index is 0.0223. The lowest BCUT2D eigenvalue weighted by molar-refractivity contribution is 0.213. The van der Waals surface area contributed by atoms with Crippen LogP contribution in [0.3, 0.4) is 0 Å². The second-order valence-corrected chi connectivity index (χ2v) is 5.37. The normalized spacial score (nSPS) is 12.8. The summed E-state index contributed by atoms with van der Waals surface area (Å²) < 4.78 is 26.6. The number of halogens is 2. The highest BCUT2D eigenvalue weighted by Gasteiger charge is 2.20. The first-order valence-corrected chi connectivity index (χ1v) is 6.01. The fourth-order valence-corrected chi connectivity index (χ4v) is 2.78. The van der Waals surface area contributed by atoms with Gasteiger partial charge < -0.3 is 5.11 Å². The fourth-order valence-electron chi connectivity index (χ4n) is 1.82. The Morgan fingerprint density at radius 1 is 1.18 bits per heavy atom. The number of hydrogen-bond donors (Lipinski definition) is 1. The molecule has 0 amide bonds. The monoisotopic (exact) mass is 254 g/mol. The highest BCUT2D eigenvalue weighted by atomic mass is 32.1. The Balaban J connectivity index is 2.47. The minimum Gasteiger partial charge on any atom is -0.384 e. The minimum atomic E-state index is -1.12. The molecule has 1 atom stereocenters. The molecule has 0 aliphatic carbocycles. The van der Waals surface area contributed by atoms with E-state index in [2.05, 4.69) is 0 Å². The highest BCUT2D eigenvalue weighted by Crippen LogP contribution is 2.32. The third-order valence-corrected chi connectivity index (χ3v) is 3.63. The quantitative estimate of drug-likeness (QED) is 0.866. The molecule has 1 aromatic carbocycles. The van der Waals surface area contributed by atoms with Gasteiger partial charge >= 0.3 is 0 Å². The number of aliphatic hydroxyl groups is 1. The average molecular weight is 254 g/mol. The number of hydrogen-bond acceptors (Lipinski definition) is 2. The Morgan fingerprint density at radius 2 is 1.88 bits per heavy atom. The Morgan fingerprint density at radius 3 is 2.47 bits per heavy atom. The molecule has 4 heteroatoms. The van der Waals surface area contributed by atoms with Gasteiger partial charge in [0.05, 0.1) is 0 Å². The van der Waals surface area contributed by atoms with E-state index in [1.165, 1.54) is 23.5 Å². The van der Waals surface area contributed by atoms with Crippen molar-refractivity contribution in [1.82, 2.24) is 0 Å². The van der Waals surface area contributed by atoms with Crippen molar-refractivity contribution < 1.29 is 13.9 Å². The number of thiophene rings is 1. The molecule has 2 aromatic rings. The van der Waals surface area contributed by atoms with Crippen LogP contribution >= 0.6 is 11.3 Å². The molecule has 17 heavy (non-hydrogen) atoms. The van der Waals surface area contributed by atoms with Crippen molar-refractivity contribution in [1.29, 1.82) is 0 Å². The number of rotatable bonds is 2. The van der Waals surface area contributed by atoms with Crippen LogP contribution in [0.25, 0.3) is 0 Å². The molecular formula is C13H12F2OS. The van der Waals surface area contributed by atoms with Crippen LogP contribution < -0.4 is 0 Å². The average Bonchev–Trinajstić information content (AvgIpc) is 2.61. The van der Waals surface area contributed by atoms with E-state index < -0.39 is 17.7 Å². The summed E-state index contributed by atoms with van der Waals surface area (Å²) in [6.45, 7) is 3.77. The molecule has 0 aliphatic rings. The van der Waals surface area contributed by atoms with Gasteiger partial charge in [-0.15, -0.1) is 11.3 Å². The maximum absolute atomic E-state index is 13.5. The van der Waals surface area contributed by atoms with Crippen molar-refractivity contribution in [3.8, 4) is 0 Å². The van der Waals surface area contributed by atoms with Crippen molar-refractivity contribution in [2.45, 2.75) is 20.0 Å². The van der Waals surface area contributed by atoms with Gasteiger partial charge in [0.25, 0.3) is 0 Å². The van der Waals surface area contributed by atoms with Crippen LogP contribution in [0.2, 0.25) is 0 Å². The predicted molar refractivity (Wildman–Crippen MR) is 64.2 cm³/mol. The molecule has 0 spiro atoms. The summed E-state index contributed by atoms with van der Waals surface area (Å²) >= 11 is 1.53. The Hall–Kier alpha value is -1.26. The summed E-state index contributed by atoms with van der Waals surface area (Å²) in [4.78, 5) is 1.95. The van der Waals surface area contributed by atoms with Crippen LogP contribution in [0.4, 0.5) is 8.78 Å². The largest absolute Gasteiger partial charge is 0.384 e. The number of aliphatic hydroxyl groups excluding tert-OH is 1. The number of aryl methyl sites for hydroxylation is 2. The zero-order valence-corrected chi connectivity index (χ0v) is 10.3. The lowest BCUT2D eigenvalue weighted by Crippen LogP contribution is -2.04. The summed E-state index contributed by atoms with van der Waals surface area (Å²) in [5, 5.41) is 10.1. The molecule has 0 radical (unpaired) electrons. The smallest absolute Gasteiger partial charge is 0.164 e. The number of benzene rings is 1. The third kappa shape index (κ3) is 2.23. The molecule has 1 N–H and O–H groups in total. The van der Waals surface area contributed by atoms with Crippen LogP contribution in [0.15, 0.2) is 24.3 Å². The van der Waals surface area contributed by atoms with Crippen molar-refractivity contribution in [3.05, 3.63) is 56.8 Å². The van der Waals surface area contributed by atoms with E-state index in [1.54, 1.807) is 6.07 Å². The zero-order valence-electron chi connectivity index (χ0n) is 9.50. The first-order valence-electron chi connectivity index (χ1n) is 5.19. The molecule has 90 valence electrons. The van der Waals surface area contributed by atoms with Crippen molar-refractivity contribution in [2.75, 3.05) is 0 Å². The molecule has 0 fully saturated rings. The van der Waals surface area contributed by atoms with E-state index in [0.29, 0.717) is 5.56 Å². The lowest BCUT2D eigenvalue weighted by Gasteiger charge is -2.12. The molecule has 0 saturated carbocycles. The highest BCUT2D eigenvalue weighted by molar-refractivity contribution is 7.12. The van der Waals surface area contributed by atoms with E-state index in [0.717, 1.165) is 15.8 Å². The Kier molecular flexibility index (Phi) is 3.26. The molecule has 0 saturated heterocycles. The molecule has 0 bridgehead atoms. The van der Waals surface area contributed by atoms with Gasteiger partial charge in [-0.3, -0.25) is 0 Å². The topological polar surface area (TPSA) is 20.2 Å². The molecule has 1 aromatic heterocycles. The molecule has 1 heterocycles. The summed E-state index contributed by atoms with van der Waals surface area (Å²) in [7, 11) is 0. The molecular weight excluding hydrogens is 242 g/mol. The maximum Gasteiger partial charge on any atom is 0.164 e. The Bertz CT molecular complexity index is 548. The van der Waals surface area contributed by atoms with E-state index in [-0.39, 0.29) is 5.56 Å². The maximum atomic E-state index is 13.5. The summed E-state index contributed by atoms with van der Waals surface area (Å²) in [5.74, 6) is -1.92. The van der Waals surface area contributed by atoms with Gasteiger partial charge in [-0.2, -0.15) is 0 Å². The third-order valence-electron chi connectivity index (χ3n) is 2.65. The van der Waals surface area contributed by atoms with Crippen LogP contribution in [-0.4, -0.2) is 5.11 Å².